The highest BCUT2D eigenvalue weighted by Crippen LogP contribution is 2.19. The lowest BCUT2D eigenvalue weighted by molar-refractivity contribution is -0.117. The van der Waals surface area contributed by atoms with Gasteiger partial charge in [0.05, 0.1) is 5.69 Å². The number of ether oxygens (including phenoxy) is 1. The van der Waals surface area contributed by atoms with Crippen LogP contribution in [0.1, 0.15) is 33.1 Å². The highest BCUT2D eigenvalue weighted by Gasteiger charge is 2.15. The van der Waals surface area contributed by atoms with Crippen LogP contribution in [0.15, 0.2) is 36.0 Å². The third kappa shape index (κ3) is 7.36. The third-order valence-electron chi connectivity index (χ3n) is 3.50. The second-order valence-corrected chi connectivity index (χ2v) is 5.71. The van der Waals surface area contributed by atoms with E-state index in [1.165, 1.54) is 18.0 Å². The normalized spacial score (nSPS) is 10.9. The summed E-state index contributed by atoms with van der Waals surface area (Å²) in [6.07, 6.45) is 3.97. The summed E-state index contributed by atoms with van der Waals surface area (Å²) in [5.74, 6) is -0.864. The molecular formula is C19H26N4O3. The molecule has 1 aromatic rings. The molecule has 0 saturated carbocycles. The van der Waals surface area contributed by atoms with E-state index in [0.717, 1.165) is 12.8 Å². The highest BCUT2D eigenvalue weighted by atomic mass is 16.5. The lowest BCUT2D eigenvalue weighted by Gasteiger charge is -2.17. The minimum absolute atomic E-state index is 0.158. The largest absolute Gasteiger partial charge is 0.399 e. The average Bonchev–Trinajstić information content (AvgIpc) is 2.61. The van der Waals surface area contributed by atoms with E-state index in [0.29, 0.717) is 37.6 Å². The van der Waals surface area contributed by atoms with Crippen LogP contribution in [0, 0.1) is 11.3 Å². The molecule has 0 unspecified atom stereocenters. The second-order valence-electron chi connectivity index (χ2n) is 5.71. The van der Waals surface area contributed by atoms with Crippen molar-refractivity contribution >= 4 is 23.2 Å². The van der Waals surface area contributed by atoms with Gasteiger partial charge in [-0.05, 0) is 31.0 Å². The van der Waals surface area contributed by atoms with Gasteiger partial charge >= 0.3 is 0 Å². The van der Waals surface area contributed by atoms with Crippen LogP contribution < -0.4 is 16.0 Å². The highest BCUT2D eigenvalue weighted by molar-refractivity contribution is 6.01. The lowest BCUT2D eigenvalue weighted by atomic mass is 10.2. The Bertz CT molecular complexity index is 680. The van der Waals surface area contributed by atoms with Crippen LogP contribution in [0.2, 0.25) is 0 Å². The van der Waals surface area contributed by atoms with Gasteiger partial charge in [0.25, 0.3) is 5.91 Å². The Morgan fingerprint density at radius 3 is 2.69 bits per heavy atom. The number of nitrogens with zero attached hydrogens (tertiary/aromatic N) is 2. The number of rotatable bonds is 10. The van der Waals surface area contributed by atoms with Gasteiger partial charge in [-0.15, -0.1) is 0 Å². The zero-order valence-corrected chi connectivity index (χ0v) is 15.3. The zero-order valence-electron chi connectivity index (χ0n) is 15.3. The Morgan fingerprint density at radius 1 is 1.35 bits per heavy atom. The SMILES string of the molecule is CCCCOCCCNC(=O)/C(C#N)=C\N(C(C)=O)c1cccc(N)c1. The first-order chi connectivity index (χ1) is 12.5. The molecule has 3 N–H and O–H groups in total. The van der Waals surface area contributed by atoms with E-state index in [4.69, 9.17) is 10.5 Å². The van der Waals surface area contributed by atoms with Crippen LogP contribution in [0.3, 0.4) is 0 Å². The smallest absolute Gasteiger partial charge is 0.263 e. The third-order valence-corrected chi connectivity index (χ3v) is 3.50. The Hall–Kier alpha value is -2.85. The molecule has 2 amide bonds. The molecule has 1 rings (SSSR count). The fourth-order valence-corrected chi connectivity index (χ4v) is 2.11. The van der Waals surface area contributed by atoms with Gasteiger partial charge in [-0.2, -0.15) is 5.26 Å². The number of benzene rings is 1. The van der Waals surface area contributed by atoms with Crippen molar-refractivity contribution in [1.82, 2.24) is 5.32 Å². The van der Waals surface area contributed by atoms with Gasteiger partial charge in [-0.1, -0.05) is 19.4 Å². The lowest BCUT2D eigenvalue weighted by Crippen LogP contribution is -2.29. The maximum Gasteiger partial charge on any atom is 0.263 e. The first kappa shape index (κ1) is 21.2. The minimum Gasteiger partial charge on any atom is -0.399 e. The first-order valence-electron chi connectivity index (χ1n) is 8.62. The Kier molecular flexibility index (Phi) is 9.50. The second kappa shape index (κ2) is 11.7. The van der Waals surface area contributed by atoms with Crippen LogP contribution in [0.25, 0.3) is 0 Å². The van der Waals surface area contributed by atoms with Crippen molar-refractivity contribution in [1.29, 1.82) is 5.26 Å². The fraction of sp³-hybridized carbons (Fsp3) is 0.421. The molecule has 7 heteroatoms. The molecule has 140 valence electrons. The van der Waals surface area contributed by atoms with Crippen molar-refractivity contribution in [2.45, 2.75) is 33.1 Å². The summed E-state index contributed by atoms with van der Waals surface area (Å²) in [6.45, 7) is 5.09. The van der Waals surface area contributed by atoms with Gasteiger partial charge < -0.3 is 15.8 Å². The fourth-order valence-electron chi connectivity index (χ4n) is 2.11. The molecule has 0 spiro atoms. The van der Waals surface area contributed by atoms with E-state index in [-0.39, 0.29) is 11.5 Å². The van der Waals surface area contributed by atoms with Gasteiger partial charge in [0.15, 0.2) is 0 Å². The Morgan fingerprint density at radius 2 is 2.08 bits per heavy atom. The predicted octanol–water partition coefficient (Wildman–Crippen LogP) is 2.35. The van der Waals surface area contributed by atoms with E-state index in [2.05, 4.69) is 12.2 Å². The Balaban J connectivity index is 2.67. The molecule has 0 aliphatic carbocycles. The molecule has 26 heavy (non-hydrogen) atoms. The molecule has 0 heterocycles. The molecule has 7 nitrogen and oxygen atoms in total. The number of nitriles is 1. The molecule has 0 aliphatic heterocycles. The Labute approximate surface area is 154 Å². The number of anilines is 2. The summed E-state index contributed by atoms with van der Waals surface area (Å²) in [6, 6.07) is 8.48. The van der Waals surface area contributed by atoms with Gasteiger partial charge in [0, 0.05) is 38.6 Å². The quantitative estimate of drug-likeness (QED) is 0.289. The van der Waals surface area contributed by atoms with Crippen molar-refractivity contribution in [2.75, 3.05) is 30.4 Å². The van der Waals surface area contributed by atoms with E-state index >= 15 is 0 Å². The standard InChI is InChI=1S/C19H26N4O3/c1-3-4-10-26-11-6-9-22-19(25)16(13-20)14-23(15(2)24)18-8-5-7-17(21)12-18/h5,7-8,12,14H,3-4,6,9-11,21H2,1-2H3,(H,22,25)/b16-14-. The maximum absolute atomic E-state index is 12.2. The number of nitrogens with one attached hydrogen (secondary N) is 1. The number of amides is 2. The number of carbonyl (C=O) groups excluding carboxylic acids is 2. The molecular weight excluding hydrogens is 332 g/mol. The van der Waals surface area contributed by atoms with Crippen molar-refractivity contribution in [3.63, 3.8) is 0 Å². The minimum atomic E-state index is -0.531. The van der Waals surface area contributed by atoms with Crippen LogP contribution in [-0.4, -0.2) is 31.6 Å². The molecule has 0 aromatic heterocycles. The number of unbranched alkanes of at least 4 members (excludes halogenated alkanes) is 1. The number of hydrogen-bond donors (Lipinski definition) is 2. The van der Waals surface area contributed by atoms with E-state index < -0.39 is 5.91 Å². The molecule has 0 atom stereocenters. The predicted molar refractivity (Wildman–Crippen MR) is 101 cm³/mol. The summed E-state index contributed by atoms with van der Waals surface area (Å²) in [4.78, 5) is 25.3. The van der Waals surface area contributed by atoms with Gasteiger partial charge in [-0.25, -0.2) is 0 Å². The van der Waals surface area contributed by atoms with Gasteiger partial charge in [-0.3, -0.25) is 14.5 Å². The molecule has 0 fully saturated rings. The van der Waals surface area contributed by atoms with E-state index in [9.17, 15) is 14.9 Å². The summed E-state index contributed by atoms with van der Waals surface area (Å²) < 4.78 is 5.41. The summed E-state index contributed by atoms with van der Waals surface area (Å²) in [5, 5.41) is 11.9. The van der Waals surface area contributed by atoms with Crippen LogP contribution in [0.4, 0.5) is 11.4 Å². The summed E-state index contributed by atoms with van der Waals surface area (Å²) >= 11 is 0. The van der Waals surface area contributed by atoms with Crippen molar-refractivity contribution < 1.29 is 14.3 Å². The molecule has 0 bridgehead atoms. The van der Waals surface area contributed by atoms with Gasteiger partial charge in [0.1, 0.15) is 11.6 Å². The summed E-state index contributed by atoms with van der Waals surface area (Å²) in [5.41, 5.74) is 6.54. The summed E-state index contributed by atoms with van der Waals surface area (Å²) in [7, 11) is 0. The van der Waals surface area contributed by atoms with Crippen LogP contribution >= 0.6 is 0 Å². The zero-order chi connectivity index (χ0) is 19.4. The number of hydrogen-bond acceptors (Lipinski definition) is 5. The number of carbonyl (C=O) groups is 2. The first-order valence-corrected chi connectivity index (χ1v) is 8.62. The number of nitrogen functional groups attached to an aromatic ring is 1. The molecule has 0 aliphatic rings. The van der Waals surface area contributed by atoms with Crippen molar-refractivity contribution in [2.24, 2.45) is 0 Å². The van der Waals surface area contributed by atoms with Crippen molar-refractivity contribution in [3.8, 4) is 6.07 Å². The van der Waals surface area contributed by atoms with E-state index in [1.54, 1.807) is 24.3 Å². The monoisotopic (exact) mass is 358 g/mol. The van der Waals surface area contributed by atoms with Crippen LogP contribution in [-0.2, 0) is 14.3 Å². The molecule has 1 aromatic carbocycles. The average molecular weight is 358 g/mol. The van der Waals surface area contributed by atoms with E-state index in [1.807, 2.05) is 6.07 Å². The van der Waals surface area contributed by atoms with Gasteiger partial charge in [0.2, 0.25) is 5.91 Å². The van der Waals surface area contributed by atoms with Crippen molar-refractivity contribution in [3.05, 3.63) is 36.0 Å². The van der Waals surface area contributed by atoms with Crippen LogP contribution in [0.5, 0.6) is 0 Å². The maximum atomic E-state index is 12.2. The molecule has 0 saturated heterocycles. The molecule has 0 radical (unpaired) electrons. The topological polar surface area (TPSA) is 108 Å². The number of nitrogens with two attached hydrogens (primary N) is 1.